The van der Waals surface area contributed by atoms with Gasteiger partial charge in [0.2, 0.25) is 5.91 Å². The Hall–Kier alpha value is -1.96. The van der Waals surface area contributed by atoms with Gasteiger partial charge in [0.05, 0.1) is 17.9 Å². The van der Waals surface area contributed by atoms with Crippen LogP contribution in [0.2, 0.25) is 0 Å². The highest BCUT2D eigenvalue weighted by Crippen LogP contribution is 2.47. The number of carbonyl (C=O) groups is 1. The van der Waals surface area contributed by atoms with Crippen molar-refractivity contribution in [2.75, 3.05) is 18.4 Å². The molecule has 4 atom stereocenters. The van der Waals surface area contributed by atoms with Crippen molar-refractivity contribution in [2.45, 2.75) is 51.9 Å². The van der Waals surface area contributed by atoms with Gasteiger partial charge in [-0.25, -0.2) is 4.98 Å². The molecule has 4 rings (SSSR count). The van der Waals surface area contributed by atoms with E-state index in [9.17, 15) is 4.79 Å². The van der Waals surface area contributed by atoms with Gasteiger partial charge in [0, 0.05) is 37.0 Å². The number of hydrogen-bond acceptors (Lipinski definition) is 6. The van der Waals surface area contributed by atoms with Gasteiger partial charge in [0.15, 0.2) is 5.13 Å². The van der Waals surface area contributed by atoms with Crippen LogP contribution < -0.4 is 5.32 Å². The lowest BCUT2D eigenvalue weighted by Crippen LogP contribution is -2.44. The standard InChI is InChI=1S/C21H27N3O3S/c1-13-8-18(13)19-6-4-17(27-19)5-7-20(25)23-21-22-16(12-28-21)11-24-9-14(2)26-15(3)10-24/h4-7,12-15,18H,8-11H2,1-3H3,(H,22,23,25)/b7-5+. The van der Waals surface area contributed by atoms with Gasteiger partial charge in [-0.15, -0.1) is 11.3 Å². The summed E-state index contributed by atoms with van der Waals surface area (Å²) < 4.78 is 11.6. The molecule has 2 aromatic heterocycles. The van der Waals surface area contributed by atoms with Gasteiger partial charge in [0.1, 0.15) is 11.5 Å². The molecule has 2 aliphatic rings. The second kappa shape index (κ2) is 8.19. The molecule has 1 saturated carbocycles. The molecule has 1 saturated heterocycles. The monoisotopic (exact) mass is 401 g/mol. The van der Waals surface area contributed by atoms with Crippen molar-refractivity contribution in [1.82, 2.24) is 9.88 Å². The molecule has 2 aromatic rings. The molecular formula is C21H27N3O3S. The Balaban J connectivity index is 1.28. The topological polar surface area (TPSA) is 67.6 Å². The largest absolute Gasteiger partial charge is 0.461 e. The van der Waals surface area contributed by atoms with Gasteiger partial charge in [-0.2, -0.15) is 0 Å². The maximum Gasteiger partial charge on any atom is 0.250 e. The molecule has 0 spiro atoms. The van der Waals surface area contributed by atoms with E-state index in [0.717, 1.165) is 31.1 Å². The number of hydrogen-bond donors (Lipinski definition) is 1. The maximum atomic E-state index is 12.2. The SMILES string of the molecule is CC1CN(Cc2csc(NC(=O)/C=C/c3ccc(C4CC4C)o3)n2)CC(C)O1. The number of carbonyl (C=O) groups excluding carboxylic acids is 1. The third-order valence-electron chi connectivity index (χ3n) is 5.18. The molecule has 1 amide bonds. The molecule has 0 aromatic carbocycles. The van der Waals surface area contributed by atoms with Gasteiger partial charge in [-0.1, -0.05) is 6.92 Å². The van der Waals surface area contributed by atoms with E-state index in [-0.39, 0.29) is 18.1 Å². The first kappa shape index (κ1) is 19.4. The lowest BCUT2D eigenvalue weighted by atomic mass is 10.2. The number of rotatable bonds is 6. The first-order valence-corrected chi connectivity index (χ1v) is 10.7. The van der Waals surface area contributed by atoms with Crippen LogP contribution in [0, 0.1) is 5.92 Å². The van der Waals surface area contributed by atoms with Crippen molar-refractivity contribution in [2.24, 2.45) is 5.92 Å². The van der Waals surface area contributed by atoms with Crippen molar-refractivity contribution < 1.29 is 13.9 Å². The minimum Gasteiger partial charge on any atom is -0.461 e. The van der Waals surface area contributed by atoms with Crippen molar-refractivity contribution in [3.8, 4) is 0 Å². The summed E-state index contributed by atoms with van der Waals surface area (Å²) in [6.07, 6.45) is 4.85. The molecule has 150 valence electrons. The van der Waals surface area contributed by atoms with Gasteiger partial charge in [-0.05, 0) is 44.4 Å². The molecule has 7 heteroatoms. The quantitative estimate of drug-likeness (QED) is 0.738. The van der Waals surface area contributed by atoms with Crippen molar-refractivity contribution in [3.63, 3.8) is 0 Å². The Morgan fingerprint density at radius 3 is 2.79 bits per heavy atom. The normalized spacial score (nSPS) is 28.0. The maximum absolute atomic E-state index is 12.2. The highest BCUT2D eigenvalue weighted by molar-refractivity contribution is 7.13. The summed E-state index contributed by atoms with van der Waals surface area (Å²) in [5, 5.41) is 5.45. The summed E-state index contributed by atoms with van der Waals surface area (Å²) in [4.78, 5) is 19.1. The molecule has 0 bridgehead atoms. The average molecular weight is 402 g/mol. The molecule has 0 radical (unpaired) electrons. The van der Waals surface area contributed by atoms with Crippen LogP contribution in [0.3, 0.4) is 0 Å². The number of nitrogens with one attached hydrogen (secondary N) is 1. The predicted molar refractivity (Wildman–Crippen MR) is 110 cm³/mol. The number of nitrogens with zero attached hydrogens (tertiary/aromatic N) is 2. The Labute approximate surface area is 169 Å². The fourth-order valence-electron chi connectivity index (χ4n) is 3.76. The summed E-state index contributed by atoms with van der Waals surface area (Å²) in [6, 6.07) is 3.92. The van der Waals surface area contributed by atoms with Crippen molar-refractivity contribution in [3.05, 3.63) is 40.8 Å². The molecule has 2 fully saturated rings. The van der Waals surface area contributed by atoms with Crippen molar-refractivity contribution >= 4 is 28.5 Å². The van der Waals surface area contributed by atoms with Gasteiger partial charge >= 0.3 is 0 Å². The summed E-state index contributed by atoms with van der Waals surface area (Å²) in [6.45, 7) is 8.98. The second-order valence-corrected chi connectivity index (χ2v) is 8.84. The van der Waals surface area contributed by atoms with Crippen LogP contribution in [0.5, 0.6) is 0 Å². The predicted octanol–water partition coefficient (Wildman–Crippen LogP) is 4.12. The molecule has 28 heavy (non-hydrogen) atoms. The van der Waals surface area contributed by atoms with Crippen LogP contribution >= 0.6 is 11.3 Å². The summed E-state index contributed by atoms with van der Waals surface area (Å²) >= 11 is 1.45. The Kier molecular flexibility index (Phi) is 5.66. The number of morpholine rings is 1. The zero-order valence-electron chi connectivity index (χ0n) is 16.6. The lowest BCUT2D eigenvalue weighted by molar-refractivity contribution is -0.111. The van der Waals surface area contributed by atoms with E-state index in [1.54, 1.807) is 6.08 Å². The summed E-state index contributed by atoms with van der Waals surface area (Å²) in [7, 11) is 0. The molecule has 1 N–H and O–H groups in total. The first-order valence-electron chi connectivity index (χ1n) is 9.87. The number of aromatic nitrogens is 1. The van der Waals surface area contributed by atoms with Gasteiger partial charge in [-0.3, -0.25) is 15.0 Å². The van der Waals surface area contributed by atoms with Gasteiger partial charge < -0.3 is 9.15 Å². The third kappa shape index (κ3) is 4.90. The van der Waals surface area contributed by atoms with E-state index < -0.39 is 0 Å². The fraction of sp³-hybridized carbons (Fsp3) is 0.524. The summed E-state index contributed by atoms with van der Waals surface area (Å²) in [5.74, 6) is 2.77. The van der Waals surface area contributed by atoms with Crippen LogP contribution in [-0.4, -0.2) is 41.1 Å². The number of ether oxygens (including phenoxy) is 1. The number of thiazole rings is 1. The summed E-state index contributed by atoms with van der Waals surface area (Å²) in [5.41, 5.74) is 0.972. The molecule has 4 unspecified atom stereocenters. The Bertz CT molecular complexity index is 849. The molecular weight excluding hydrogens is 374 g/mol. The number of anilines is 1. The second-order valence-electron chi connectivity index (χ2n) is 7.98. The average Bonchev–Trinajstić information content (AvgIpc) is 3.02. The zero-order chi connectivity index (χ0) is 19.7. The number of amides is 1. The van der Waals surface area contributed by atoms with Crippen LogP contribution in [-0.2, 0) is 16.1 Å². The first-order chi connectivity index (χ1) is 13.5. The highest BCUT2D eigenvalue weighted by atomic mass is 32.1. The van der Waals surface area contributed by atoms with Crippen LogP contribution in [0.15, 0.2) is 28.0 Å². The molecule has 6 nitrogen and oxygen atoms in total. The number of furan rings is 1. The molecule has 1 aliphatic heterocycles. The van der Waals surface area contributed by atoms with Crippen LogP contribution in [0.4, 0.5) is 5.13 Å². The zero-order valence-corrected chi connectivity index (χ0v) is 17.4. The third-order valence-corrected chi connectivity index (χ3v) is 5.99. The van der Waals surface area contributed by atoms with E-state index in [4.69, 9.17) is 9.15 Å². The molecule has 1 aliphatic carbocycles. The van der Waals surface area contributed by atoms with E-state index in [2.05, 4.69) is 36.0 Å². The van der Waals surface area contributed by atoms with Crippen LogP contribution in [0.25, 0.3) is 6.08 Å². The Morgan fingerprint density at radius 1 is 1.32 bits per heavy atom. The Morgan fingerprint density at radius 2 is 2.07 bits per heavy atom. The van der Waals surface area contributed by atoms with E-state index in [1.807, 2.05) is 17.5 Å². The van der Waals surface area contributed by atoms with E-state index in [0.29, 0.717) is 22.7 Å². The smallest absolute Gasteiger partial charge is 0.250 e. The van der Waals surface area contributed by atoms with E-state index in [1.165, 1.54) is 23.8 Å². The minimum atomic E-state index is -0.202. The van der Waals surface area contributed by atoms with Gasteiger partial charge in [0.25, 0.3) is 0 Å². The molecule has 3 heterocycles. The van der Waals surface area contributed by atoms with E-state index >= 15 is 0 Å². The highest BCUT2D eigenvalue weighted by Gasteiger charge is 2.36. The van der Waals surface area contributed by atoms with Crippen molar-refractivity contribution in [1.29, 1.82) is 0 Å². The minimum absolute atomic E-state index is 0.202. The fourth-order valence-corrected chi connectivity index (χ4v) is 4.46. The van der Waals surface area contributed by atoms with Crippen LogP contribution in [0.1, 0.15) is 50.3 Å². The lowest BCUT2D eigenvalue weighted by Gasteiger charge is -2.34.